The molecule has 0 amide bonds. The van der Waals surface area contributed by atoms with E-state index in [9.17, 15) is 13.2 Å². The molecule has 0 unspecified atom stereocenters. The highest BCUT2D eigenvalue weighted by Gasteiger charge is 2.09. The van der Waals surface area contributed by atoms with Crippen molar-refractivity contribution in [3.8, 4) is 0 Å². The van der Waals surface area contributed by atoms with Gasteiger partial charge in [0.05, 0.1) is 21.4 Å². The maximum atomic E-state index is 13.8. The molecule has 172 valence electrons. The number of nitrogens with zero attached hydrogens (tertiary/aromatic N) is 2. The second-order valence-corrected chi connectivity index (χ2v) is 9.39. The minimum atomic E-state index is -0.547. The Morgan fingerprint density at radius 3 is 1.67 bits per heavy atom. The first kappa shape index (κ1) is 25.3. The molecule has 0 aliphatic carbocycles. The monoisotopic (exact) mass is 528 g/mol. The first-order valence-electron chi connectivity index (χ1n) is 9.32. The van der Waals surface area contributed by atoms with Crippen LogP contribution >= 0.6 is 46.7 Å². The lowest BCUT2D eigenvalue weighted by Crippen LogP contribution is -2.08. The number of hydrogen-bond donors (Lipinski definition) is 2. The molecular formula is C22H17Cl2F3N4S2. The summed E-state index contributed by atoms with van der Waals surface area (Å²) in [7, 11) is 0. The lowest BCUT2D eigenvalue weighted by Gasteiger charge is -2.10. The van der Waals surface area contributed by atoms with E-state index in [1.807, 2.05) is 0 Å². The van der Waals surface area contributed by atoms with Crippen LogP contribution in [0, 0.1) is 17.5 Å². The third kappa shape index (κ3) is 7.60. The minimum Gasteiger partial charge on any atom is -0.378 e. The molecule has 0 aliphatic heterocycles. The number of hydrogen-bond acceptors (Lipinski definition) is 4. The van der Waals surface area contributed by atoms with Gasteiger partial charge in [-0.15, -0.1) is 0 Å². The van der Waals surface area contributed by atoms with E-state index in [0.29, 0.717) is 28.4 Å². The zero-order valence-electron chi connectivity index (χ0n) is 16.9. The summed E-state index contributed by atoms with van der Waals surface area (Å²) in [5.74, 6) is -0.703. The van der Waals surface area contributed by atoms with Gasteiger partial charge in [0, 0.05) is 11.5 Å². The Labute approximate surface area is 207 Å². The average molecular weight is 529 g/mol. The van der Waals surface area contributed by atoms with Crippen molar-refractivity contribution in [3.63, 3.8) is 0 Å². The third-order valence-electron chi connectivity index (χ3n) is 4.20. The van der Waals surface area contributed by atoms with Gasteiger partial charge in [0.25, 0.3) is 0 Å². The number of amidine groups is 2. The molecule has 0 aromatic heterocycles. The van der Waals surface area contributed by atoms with Crippen molar-refractivity contribution in [3.05, 3.63) is 93.2 Å². The van der Waals surface area contributed by atoms with E-state index >= 15 is 0 Å². The summed E-state index contributed by atoms with van der Waals surface area (Å²) >= 11 is 14.0. The predicted molar refractivity (Wildman–Crippen MR) is 134 cm³/mol. The molecule has 0 atom stereocenters. The van der Waals surface area contributed by atoms with Crippen LogP contribution < -0.4 is 11.5 Å². The molecule has 0 saturated heterocycles. The topological polar surface area (TPSA) is 76.8 Å². The Hall–Kier alpha value is -2.33. The fourth-order valence-corrected chi connectivity index (χ4v) is 4.45. The summed E-state index contributed by atoms with van der Waals surface area (Å²) in [5, 5.41) is 0.361. The zero-order valence-corrected chi connectivity index (χ0v) is 20.0. The molecule has 0 saturated carbocycles. The Morgan fingerprint density at radius 1 is 0.697 bits per heavy atom. The summed E-state index contributed by atoms with van der Waals surface area (Å²) in [5.41, 5.74) is 14.3. The molecule has 3 rings (SSSR count). The molecular weight excluding hydrogens is 512 g/mol. The van der Waals surface area contributed by atoms with Crippen molar-refractivity contribution in [2.75, 3.05) is 0 Å². The van der Waals surface area contributed by atoms with Crippen LogP contribution in [0.1, 0.15) is 11.1 Å². The van der Waals surface area contributed by atoms with Crippen molar-refractivity contribution in [1.82, 2.24) is 0 Å². The van der Waals surface area contributed by atoms with E-state index in [0.717, 1.165) is 5.56 Å². The van der Waals surface area contributed by atoms with Gasteiger partial charge in [-0.25, -0.2) is 23.2 Å². The average Bonchev–Trinajstić information content (AvgIpc) is 2.77. The van der Waals surface area contributed by atoms with Gasteiger partial charge in [0.15, 0.2) is 10.3 Å². The molecule has 3 aromatic carbocycles. The Balaban J connectivity index is 1.67. The summed E-state index contributed by atoms with van der Waals surface area (Å²) in [4.78, 5) is 8.40. The normalized spacial score (nSPS) is 12.3. The minimum absolute atomic E-state index is 0.0472. The highest BCUT2D eigenvalue weighted by molar-refractivity contribution is 8.13. The van der Waals surface area contributed by atoms with Gasteiger partial charge in [-0.2, -0.15) is 0 Å². The molecule has 33 heavy (non-hydrogen) atoms. The van der Waals surface area contributed by atoms with E-state index in [4.69, 9.17) is 34.7 Å². The lowest BCUT2D eigenvalue weighted by atomic mass is 10.1. The second-order valence-electron chi connectivity index (χ2n) is 6.59. The molecule has 0 bridgehead atoms. The van der Waals surface area contributed by atoms with E-state index < -0.39 is 11.6 Å². The number of halogens is 5. The highest BCUT2D eigenvalue weighted by Crippen LogP contribution is 2.27. The van der Waals surface area contributed by atoms with Crippen LogP contribution in [0.15, 0.2) is 64.6 Å². The Morgan fingerprint density at radius 2 is 1.18 bits per heavy atom. The van der Waals surface area contributed by atoms with Crippen molar-refractivity contribution in [1.29, 1.82) is 0 Å². The maximum Gasteiger partial charge on any atom is 0.159 e. The molecule has 0 fully saturated rings. The Kier molecular flexibility index (Phi) is 8.96. The number of aliphatic imine (C=N–C) groups is 2. The van der Waals surface area contributed by atoms with Gasteiger partial charge in [0.2, 0.25) is 0 Å². The summed E-state index contributed by atoms with van der Waals surface area (Å²) in [6.07, 6.45) is 0. The van der Waals surface area contributed by atoms with Crippen LogP contribution in [0.25, 0.3) is 0 Å². The summed E-state index contributed by atoms with van der Waals surface area (Å²) in [6, 6.07) is 12.5. The summed E-state index contributed by atoms with van der Waals surface area (Å²) < 4.78 is 40.4. The lowest BCUT2D eigenvalue weighted by molar-refractivity contribution is 0.625. The number of thioether (sulfide) groups is 2. The largest absolute Gasteiger partial charge is 0.378 e. The van der Waals surface area contributed by atoms with Crippen molar-refractivity contribution in [2.45, 2.75) is 11.5 Å². The standard InChI is InChI=1S/C22H17Cl2F3N4S2/c23-17-8-15(3-5-19(17)26)30-21(28)32-10-12-1-2-14(25)7-13(12)11-33-22(29)31-16-4-6-20(27)18(24)9-16/h1-9H,10-11H2,(H2,28,30)(H2,29,31). The maximum absolute atomic E-state index is 13.8. The molecule has 0 spiro atoms. The van der Waals surface area contributed by atoms with Crippen LogP contribution in [0.5, 0.6) is 0 Å². The van der Waals surface area contributed by atoms with Gasteiger partial charge in [0.1, 0.15) is 17.5 Å². The van der Waals surface area contributed by atoms with Gasteiger partial charge < -0.3 is 11.5 Å². The van der Waals surface area contributed by atoms with Crippen molar-refractivity contribution < 1.29 is 13.2 Å². The molecule has 0 heterocycles. The molecule has 11 heteroatoms. The van der Waals surface area contributed by atoms with Crippen molar-refractivity contribution >= 4 is 68.4 Å². The molecule has 3 aromatic rings. The zero-order chi connectivity index (χ0) is 24.0. The summed E-state index contributed by atoms with van der Waals surface area (Å²) in [6.45, 7) is 0. The second kappa shape index (κ2) is 11.7. The third-order valence-corrected chi connectivity index (χ3v) is 6.47. The highest BCUT2D eigenvalue weighted by atomic mass is 35.5. The number of benzene rings is 3. The first-order chi connectivity index (χ1) is 15.7. The first-order valence-corrected chi connectivity index (χ1v) is 12.1. The number of rotatable bonds is 6. The number of nitrogens with two attached hydrogens (primary N) is 2. The predicted octanol–water partition coefficient (Wildman–Crippen LogP) is 7.17. The smallest absolute Gasteiger partial charge is 0.159 e. The molecule has 0 radical (unpaired) electrons. The fourth-order valence-electron chi connectivity index (χ4n) is 2.60. The van der Waals surface area contributed by atoms with Crippen LogP contribution in [-0.2, 0) is 11.5 Å². The van der Waals surface area contributed by atoms with Gasteiger partial charge in [-0.1, -0.05) is 52.8 Å². The molecule has 0 aliphatic rings. The Bertz CT molecular complexity index is 1220. The fraction of sp³-hybridized carbons (Fsp3) is 0.0909. The molecule has 4 N–H and O–H groups in total. The molecule has 4 nitrogen and oxygen atoms in total. The SMILES string of the molecule is NC(=Nc1ccc(F)c(Cl)c1)SCc1cc(F)ccc1CS/C(N)=N/c1ccc(F)c(Cl)c1. The quantitative estimate of drug-likeness (QED) is 0.262. The van der Waals surface area contributed by atoms with Gasteiger partial charge >= 0.3 is 0 Å². The van der Waals surface area contributed by atoms with Crippen LogP contribution in [0.4, 0.5) is 24.5 Å². The van der Waals surface area contributed by atoms with Crippen LogP contribution in [0.3, 0.4) is 0 Å². The van der Waals surface area contributed by atoms with Crippen LogP contribution in [-0.4, -0.2) is 10.3 Å². The van der Waals surface area contributed by atoms with Gasteiger partial charge in [-0.3, -0.25) is 0 Å². The van der Waals surface area contributed by atoms with E-state index in [1.165, 1.54) is 72.1 Å². The van der Waals surface area contributed by atoms with Gasteiger partial charge in [-0.05, 0) is 59.7 Å². The van der Waals surface area contributed by atoms with E-state index in [2.05, 4.69) is 9.98 Å². The van der Waals surface area contributed by atoms with Crippen molar-refractivity contribution in [2.24, 2.45) is 21.5 Å². The van der Waals surface area contributed by atoms with Crippen LogP contribution in [0.2, 0.25) is 10.0 Å². The van der Waals surface area contributed by atoms with E-state index in [1.54, 1.807) is 6.07 Å². The van der Waals surface area contributed by atoms with E-state index in [-0.39, 0.29) is 26.2 Å².